The molecule has 0 amide bonds. The van der Waals surface area contributed by atoms with Crippen LogP contribution in [0.4, 0.5) is 0 Å². The summed E-state index contributed by atoms with van der Waals surface area (Å²) in [5, 5.41) is 13.8. The Kier molecular flexibility index (Phi) is 4.90. The van der Waals surface area contributed by atoms with Crippen LogP contribution in [0.15, 0.2) is 4.52 Å². The van der Waals surface area contributed by atoms with E-state index in [0.29, 0.717) is 10.7 Å². The Hall–Kier alpha value is -1.95. The predicted octanol–water partition coefficient (Wildman–Crippen LogP) is 3.96. The highest BCUT2D eigenvalue weighted by Crippen LogP contribution is 2.22. The molecule has 0 radical (unpaired) electrons. The normalized spacial score (nSPS) is 11.4. The van der Waals surface area contributed by atoms with E-state index in [9.17, 15) is 4.79 Å². The Morgan fingerprint density at radius 3 is 2.76 bits per heavy atom. The predicted molar refractivity (Wildman–Crippen MR) is 82.6 cm³/mol. The van der Waals surface area contributed by atoms with Crippen molar-refractivity contribution in [2.45, 2.75) is 40.0 Å². The fraction of sp³-hybridized carbons (Fsp3) is 0.400. The lowest BCUT2D eigenvalue weighted by molar-refractivity contribution is 0.0701. The summed E-state index contributed by atoms with van der Waals surface area (Å²) in [5.41, 5.74) is 2.45. The highest BCUT2D eigenvalue weighted by Gasteiger charge is 2.13. The first-order chi connectivity index (χ1) is 10.0. The van der Waals surface area contributed by atoms with Gasteiger partial charge >= 0.3 is 5.97 Å². The van der Waals surface area contributed by atoms with Gasteiger partial charge in [-0.2, -0.15) is 0 Å². The summed E-state index contributed by atoms with van der Waals surface area (Å²) < 4.78 is 5.24. The summed E-state index contributed by atoms with van der Waals surface area (Å²) in [6.45, 7) is 5.71. The third-order valence-corrected chi connectivity index (χ3v) is 4.26. The monoisotopic (exact) mass is 306 g/mol. The second-order valence-electron chi connectivity index (χ2n) is 4.81. The zero-order valence-electron chi connectivity index (χ0n) is 12.3. The highest BCUT2D eigenvalue weighted by atomic mass is 32.1. The number of rotatable bonds is 6. The zero-order chi connectivity index (χ0) is 15.4. The van der Waals surface area contributed by atoms with Crippen molar-refractivity contribution < 1.29 is 14.4 Å². The molecule has 6 heteroatoms. The molecule has 0 unspecified atom stereocenters. The molecular weight excluding hydrogens is 288 g/mol. The summed E-state index contributed by atoms with van der Waals surface area (Å²) in [5.74, 6) is -0.168. The average Bonchev–Trinajstić information content (AvgIpc) is 2.97. The summed E-state index contributed by atoms with van der Waals surface area (Å²) >= 11 is 1.17. The maximum atomic E-state index is 11.0. The minimum atomic E-state index is -0.936. The van der Waals surface area contributed by atoms with Crippen molar-refractivity contribution in [3.8, 4) is 0 Å². The Morgan fingerprint density at radius 2 is 2.14 bits per heavy atom. The van der Waals surface area contributed by atoms with Gasteiger partial charge in [-0.3, -0.25) is 0 Å². The number of unbranched alkanes of at least 4 members (excludes halogenated alkanes) is 1. The number of hydrogen-bond acceptors (Lipinski definition) is 5. The van der Waals surface area contributed by atoms with Gasteiger partial charge in [0, 0.05) is 5.56 Å². The molecule has 112 valence electrons. The minimum Gasteiger partial charge on any atom is -0.477 e. The van der Waals surface area contributed by atoms with Gasteiger partial charge in [-0.25, -0.2) is 9.78 Å². The van der Waals surface area contributed by atoms with E-state index in [1.54, 1.807) is 6.92 Å². The molecule has 1 N–H and O–H groups in total. The van der Waals surface area contributed by atoms with Crippen LogP contribution >= 0.6 is 11.3 Å². The van der Waals surface area contributed by atoms with Crippen molar-refractivity contribution in [2.24, 2.45) is 0 Å². The number of aryl methyl sites for hydroxylation is 3. The largest absolute Gasteiger partial charge is 0.477 e. The van der Waals surface area contributed by atoms with Crippen LogP contribution in [0.3, 0.4) is 0 Å². The third-order valence-electron chi connectivity index (χ3n) is 3.15. The van der Waals surface area contributed by atoms with Gasteiger partial charge < -0.3 is 9.63 Å². The maximum Gasteiger partial charge on any atom is 0.347 e. The molecule has 0 aliphatic carbocycles. The quantitative estimate of drug-likeness (QED) is 0.874. The maximum absolute atomic E-state index is 11.0. The van der Waals surface area contributed by atoms with E-state index in [1.165, 1.54) is 11.3 Å². The summed E-state index contributed by atoms with van der Waals surface area (Å²) in [7, 11) is 0. The van der Waals surface area contributed by atoms with E-state index < -0.39 is 5.97 Å². The number of carboxylic acids is 1. The first-order valence-corrected chi connectivity index (χ1v) is 7.68. The molecule has 0 bridgehead atoms. The Morgan fingerprint density at radius 1 is 1.38 bits per heavy atom. The molecule has 2 heterocycles. The minimum absolute atomic E-state index is 0.280. The second kappa shape index (κ2) is 6.67. The van der Waals surface area contributed by atoms with Crippen molar-refractivity contribution in [3.05, 3.63) is 32.6 Å². The Bertz CT molecular complexity index is 671. The van der Waals surface area contributed by atoms with E-state index in [2.05, 4.69) is 17.1 Å². The lowest BCUT2D eigenvalue weighted by Crippen LogP contribution is -1.94. The van der Waals surface area contributed by atoms with Gasteiger partial charge in [-0.05, 0) is 38.8 Å². The number of nitrogens with zero attached hydrogens (tertiary/aromatic N) is 2. The average molecular weight is 306 g/mol. The van der Waals surface area contributed by atoms with E-state index in [1.807, 2.05) is 19.1 Å². The molecule has 0 atom stereocenters. The van der Waals surface area contributed by atoms with Crippen LogP contribution in [0.25, 0.3) is 12.2 Å². The molecular formula is C15H18N2O3S. The lowest BCUT2D eigenvalue weighted by atomic mass is 10.1. The van der Waals surface area contributed by atoms with Gasteiger partial charge in [-0.15, -0.1) is 11.3 Å². The first-order valence-electron chi connectivity index (χ1n) is 6.86. The van der Waals surface area contributed by atoms with Crippen molar-refractivity contribution in [1.82, 2.24) is 10.1 Å². The second-order valence-corrected chi connectivity index (χ2v) is 5.84. The van der Waals surface area contributed by atoms with E-state index in [-0.39, 0.29) is 4.88 Å². The van der Waals surface area contributed by atoms with Crippen molar-refractivity contribution >= 4 is 29.5 Å². The van der Waals surface area contributed by atoms with E-state index >= 15 is 0 Å². The van der Waals surface area contributed by atoms with Crippen LogP contribution in [0.1, 0.15) is 57.2 Å². The molecule has 5 nitrogen and oxygen atoms in total. The molecule has 0 spiro atoms. The molecule has 0 saturated carbocycles. The smallest absolute Gasteiger partial charge is 0.347 e. The SMILES string of the molecule is CCCCc1noc(C)c1/C=C/c1nc(C)c(C(=O)O)s1. The van der Waals surface area contributed by atoms with Crippen LogP contribution in [0, 0.1) is 13.8 Å². The highest BCUT2D eigenvalue weighted by molar-refractivity contribution is 7.14. The van der Waals surface area contributed by atoms with Crippen LogP contribution in [0.5, 0.6) is 0 Å². The van der Waals surface area contributed by atoms with Gasteiger partial charge in [0.2, 0.25) is 0 Å². The Balaban J connectivity index is 2.23. The van der Waals surface area contributed by atoms with Gasteiger partial charge in [-0.1, -0.05) is 18.5 Å². The van der Waals surface area contributed by atoms with Crippen molar-refractivity contribution in [3.63, 3.8) is 0 Å². The number of aromatic nitrogens is 2. The molecule has 0 fully saturated rings. The fourth-order valence-electron chi connectivity index (χ4n) is 2.00. The zero-order valence-corrected chi connectivity index (χ0v) is 13.2. The molecule has 2 aromatic rings. The molecule has 0 aliphatic rings. The third kappa shape index (κ3) is 3.58. The molecule has 0 saturated heterocycles. The number of thiazole rings is 1. The Labute approximate surface area is 127 Å². The topological polar surface area (TPSA) is 76.2 Å². The fourth-order valence-corrected chi connectivity index (χ4v) is 2.81. The lowest BCUT2D eigenvalue weighted by Gasteiger charge is -1.95. The van der Waals surface area contributed by atoms with Crippen LogP contribution < -0.4 is 0 Å². The summed E-state index contributed by atoms with van der Waals surface area (Å²) in [6, 6.07) is 0. The number of carboxylic acid groups (broad SMARTS) is 1. The van der Waals surface area contributed by atoms with Crippen LogP contribution in [0.2, 0.25) is 0 Å². The van der Waals surface area contributed by atoms with Gasteiger partial charge in [0.15, 0.2) is 0 Å². The van der Waals surface area contributed by atoms with Gasteiger partial charge in [0.1, 0.15) is 15.6 Å². The van der Waals surface area contributed by atoms with Crippen molar-refractivity contribution in [2.75, 3.05) is 0 Å². The number of carbonyl (C=O) groups is 1. The number of hydrogen-bond donors (Lipinski definition) is 1. The molecule has 0 aromatic carbocycles. The molecule has 21 heavy (non-hydrogen) atoms. The van der Waals surface area contributed by atoms with E-state index in [0.717, 1.165) is 36.3 Å². The molecule has 2 aromatic heterocycles. The first kappa shape index (κ1) is 15.4. The van der Waals surface area contributed by atoms with Crippen molar-refractivity contribution in [1.29, 1.82) is 0 Å². The molecule has 0 aliphatic heterocycles. The van der Waals surface area contributed by atoms with E-state index in [4.69, 9.17) is 9.63 Å². The van der Waals surface area contributed by atoms with Crippen LogP contribution in [-0.2, 0) is 6.42 Å². The van der Waals surface area contributed by atoms with Crippen LogP contribution in [-0.4, -0.2) is 21.2 Å². The van der Waals surface area contributed by atoms with Gasteiger partial charge in [0.05, 0.1) is 11.4 Å². The number of aromatic carboxylic acids is 1. The van der Waals surface area contributed by atoms with Gasteiger partial charge in [0.25, 0.3) is 0 Å². The molecule has 2 rings (SSSR count). The summed E-state index contributed by atoms with van der Waals surface area (Å²) in [6.07, 6.45) is 6.76. The summed E-state index contributed by atoms with van der Waals surface area (Å²) in [4.78, 5) is 15.5. The standard InChI is InChI=1S/C15H18N2O3S/c1-4-5-6-12-11(10(3)20-17-12)7-8-13-16-9(2)14(21-13)15(18)19/h7-8H,4-6H2,1-3H3,(H,18,19)/b8-7+.